The van der Waals surface area contributed by atoms with E-state index in [1.54, 1.807) is 0 Å². The Morgan fingerprint density at radius 3 is 2.56 bits per heavy atom. The first kappa shape index (κ1) is 17.4. The Hall–Kier alpha value is -2.44. The Bertz CT molecular complexity index is 639. The number of amides is 1. The number of nitrogens with two attached hydrogens (primary N) is 2. The normalized spacial score (nSPS) is 23.6. The maximum atomic E-state index is 11.2. The van der Waals surface area contributed by atoms with Gasteiger partial charge in [-0.3, -0.25) is 9.79 Å². The highest BCUT2D eigenvalue weighted by atomic mass is 16.5. The van der Waals surface area contributed by atoms with E-state index in [0.717, 1.165) is 49.3 Å². The molecule has 0 bridgehead atoms. The molecule has 0 atom stereocenters. The number of anilines is 1. The van der Waals surface area contributed by atoms with Crippen molar-refractivity contribution in [3.63, 3.8) is 0 Å². The average molecular weight is 346 g/mol. The molecule has 7 nitrogen and oxygen atoms in total. The Kier molecular flexibility index (Phi) is 5.63. The maximum absolute atomic E-state index is 11.2. The number of benzene rings is 1. The van der Waals surface area contributed by atoms with Crippen LogP contribution in [0.4, 0.5) is 5.69 Å². The fraction of sp³-hybridized carbons (Fsp3) is 0.556. The van der Waals surface area contributed by atoms with E-state index < -0.39 is 0 Å². The number of nitrogens with one attached hydrogen (secondary N) is 1. The molecule has 0 unspecified atom stereocenters. The predicted molar refractivity (Wildman–Crippen MR) is 96.8 cm³/mol. The highest BCUT2D eigenvalue weighted by Gasteiger charge is 2.24. The van der Waals surface area contributed by atoms with Crippen molar-refractivity contribution in [3.05, 3.63) is 18.2 Å². The lowest BCUT2D eigenvalue weighted by Crippen LogP contribution is -2.29. The minimum atomic E-state index is -0.183. The minimum Gasteiger partial charge on any atom is -0.490 e. The molecule has 25 heavy (non-hydrogen) atoms. The zero-order chi connectivity index (χ0) is 17.6. The van der Waals surface area contributed by atoms with Gasteiger partial charge in [0.15, 0.2) is 17.5 Å². The number of primary amides is 1. The SMILES string of the molecule is NC(=O)C1CCC(CN=C(N)Nc2ccc3c(c2)OCCCO3)CC1. The van der Waals surface area contributed by atoms with Crippen LogP contribution in [-0.2, 0) is 4.79 Å². The van der Waals surface area contributed by atoms with Crippen molar-refractivity contribution in [2.75, 3.05) is 25.1 Å². The molecular weight excluding hydrogens is 320 g/mol. The molecule has 1 amide bonds. The zero-order valence-electron chi connectivity index (χ0n) is 14.4. The number of rotatable bonds is 4. The lowest BCUT2D eigenvalue weighted by Gasteiger charge is -2.25. The zero-order valence-corrected chi connectivity index (χ0v) is 14.4. The van der Waals surface area contributed by atoms with Gasteiger partial charge in [0.05, 0.1) is 13.2 Å². The summed E-state index contributed by atoms with van der Waals surface area (Å²) in [6.07, 6.45) is 4.51. The van der Waals surface area contributed by atoms with Crippen molar-refractivity contribution in [2.45, 2.75) is 32.1 Å². The lowest BCUT2D eigenvalue weighted by atomic mass is 9.82. The summed E-state index contributed by atoms with van der Waals surface area (Å²) in [6, 6.07) is 5.65. The van der Waals surface area contributed by atoms with Crippen LogP contribution in [0.25, 0.3) is 0 Å². The summed E-state index contributed by atoms with van der Waals surface area (Å²) >= 11 is 0. The number of nitrogens with zero attached hydrogens (tertiary/aromatic N) is 1. The molecule has 1 aliphatic carbocycles. The molecule has 1 heterocycles. The molecule has 136 valence electrons. The number of fused-ring (bicyclic) bond motifs is 1. The quantitative estimate of drug-likeness (QED) is 0.569. The van der Waals surface area contributed by atoms with Crippen molar-refractivity contribution >= 4 is 17.6 Å². The van der Waals surface area contributed by atoms with Crippen molar-refractivity contribution in [1.82, 2.24) is 0 Å². The molecular formula is C18H26N4O3. The summed E-state index contributed by atoms with van der Waals surface area (Å²) in [7, 11) is 0. The Labute approximate surface area is 147 Å². The molecule has 0 aromatic heterocycles. The molecule has 0 radical (unpaired) electrons. The number of guanidine groups is 1. The third-order valence-corrected chi connectivity index (χ3v) is 4.79. The van der Waals surface area contributed by atoms with Crippen molar-refractivity contribution in [3.8, 4) is 11.5 Å². The van der Waals surface area contributed by atoms with Crippen LogP contribution in [0.5, 0.6) is 11.5 Å². The topological polar surface area (TPSA) is 112 Å². The lowest BCUT2D eigenvalue weighted by molar-refractivity contribution is -0.122. The molecule has 0 spiro atoms. The first-order valence-corrected chi connectivity index (χ1v) is 8.87. The van der Waals surface area contributed by atoms with Crippen molar-refractivity contribution < 1.29 is 14.3 Å². The first-order chi connectivity index (χ1) is 12.1. The predicted octanol–water partition coefficient (Wildman–Crippen LogP) is 1.87. The molecule has 7 heteroatoms. The van der Waals surface area contributed by atoms with Gasteiger partial charge in [0.25, 0.3) is 0 Å². The molecule has 0 saturated heterocycles. The highest BCUT2D eigenvalue weighted by molar-refractivity contribution is 5.92. The van der Waals surface area contributed by atoms with Crippen LogP contribution in [0.15, 0.2) is 23.2 Å². The monoisotopic (exact) mass is 346 g/mol. The third kappa shape index (κ3) is 4.78. The smallest absolute Gasteiger partial charge is 0.220 e. The first-order valence-electron chi connectivity index (χ1n) is 8.87. The van der Waals surface area contributed by atoms with Gasteiger partial charge >= 0.3 is 0 Å². The van der Waals surface area contributed by atoms with E-state index in [-0.39, 0.29) is 11.8 Å². The average Bonchev–Trinajstić information content (AvgIpc) is 2.85. The fourth-order valence-corrected chi connectivity index (χ4v) is 3.29. The Balaban J connectivity index is 1.52. The Morgan fingerprint density at radius 2 is 1.84 bits per heavy atom. The van der Waals surface area contributed by atoms with Crippen molar-refractivity contribution in [2.24, 2.45) is 28.3 Å². The van der Waals surface area contributed by atoms with E-state index in [1.807, 2.05) is 18.2 Å². The number of hydrogen-bond donors (Lipinski definition) is 3. The van der Waals surface area contributed by atoms with E-state index >= 15 is 0 Å². The van der Waals surface area contributed by atoms with Gasteiger partial charge in [0.2, 0.25) is 5.91 Å². The van der Waals surface area contributed by atoms with Gasteiger partial charge in [-0.25, -0.2) is 0 Å². The second kappa shape index (κ2) is 8.09. The summed E-state index contributed by atoms with van der Waals surface area (Å²) < 4.78 is 11.3. The van der Waals surface area contributed by atoms with E-state index in [0.29, 0.717) is 31.6 Å². The summed E-state index contributed by atoms with van der Waals surface area (Å²) in [6.45, 7) is 1.98. The molecule has 1 saturated carbocycles. The number of carbonyl (C=O) groups is 1. The number of carbonyl (C=O) groups excluding carboxylic acids is 1. The second-order valence-electron chi connectivity index (χ2n) is 6.68. The molecule has 3 rings (SSSR count). The van der Waals surface area contributed by atoms with Crippen LogP contribution in [0, 0.1) is 11.8 Å². The summed E-state index contributed by atoms with van der Waals surface area (Å²) in [5, 5.41) is 3.10. The van der Waals surface area contributed by atoms with Gasteiger partial charge in [0, 0.05) is 30.6 Å². The number of ether oxygens (including phenoxy) is 2. The van der Waals surface area contributed by atoms with Crippen LogP contribution in [0.3, 0.4) is 0 Å². The van der Waals surface area contributed by atoms with E-state index in [9.17, 15) is 4.79 Å². The highest BCUT2D eigenvalue weighted by Crippen LogP contribution is 2.32. The standard InChI is InChI=1S/C18H26N4O3/c19-17(23)13-4-2-12(3-5-13)11-21-18(20)22-14-6-7-15-16(10-14)25-9-1-8-24-15/h6-7,10,12-13H,1-5,8-9,11H2,(H2,19,23)(H3,20,21,22). The van der Waals surface area contributed by atoms with Gasteiger partial charge in [0.1, 0.15) is 0 Å². The van der Waals surface area contributed by atoms with Crippen molar-refractivity contribution in [1.29, 1.82) is 0 Å². The second-order valence-corrected chi connectivity index (χ2v) is 6.68. The molecule has 5 N–H and O–H groups in total. The largest absolute Gasteiger partial charge is 0.490 e. The van der Waals surface area contributed by atoms with Gasteiger partial charge in [-0.05, 0) is 43.7 Å². The van der Waals surface area contributed by atoms with Crippen LogP contribution >= 0.6 is 0 Å². The minimum absolute atomic E-state index is 0.0255. The number of aliphatic imine (C=N–C) groups is 1. The summed E-state index contributed by atoms with van der Waals surface area (Å²) in [4.78, 5) is 15.6. The molecule has 1 aliphatic heterocycles. The molecule has 1 fully saturated rings. The number of hydrogen-bond acceptors (Lipinski definition) is 4. The Morgan fingerprint density at radius 1 is 1.12 bits per heavy atom. The molecule has 1 aromatic rings. The van der Waals surface area contributed by atoms with Crippen LogP contribution in [0.1, 0.15) is 32.1 Å². The van der Waals surface area contributed by atoms with Crippen LogP contribution in [0.2, 0.25) is 0 Å². The fourth-order valence-electron chi connectivity index (χ4n) is 3.29. The van der Waals surface area contributed by atoms with Gasteiger partial charge in [-0.15, -0.1) is 0 Å². The summed E-state index contributed by atoms with van der Waals surface area (Å²) in [5.74, 6) is 2.16. The van der Waals surface area contributed by atoms with Crippen LogP contribution < -0.4 is 26.3 Å². The molecule has 1 aromatic carbocycles. The van der Waals surface area contributed by atoms with Crippen LogP contribution in [-0.4, -0.2) is 31.6 Å². The van der Waals surface area contributed by atoms with E-state index in [4.69, 9.17) is 20.9 Å². The third-order valence-electron chi connectivity index (χ3n) is 4.79. The summed E-state index contributed by atoms with van der Waals surface area (Å²) in [5.41, 5.74) is 12.2. The van der Waals surface area contributed by atoms with Gasteiger partial charge in [-0.2, -0.15) is 0 Å². The van der Waals surface area contributed by atoms with Gasteiger partial charge < -0.3 is 26.3 Å². The van der Waals surface area contributed by atoms with E-state index in [1.165, 1.54) is 0 Å². The molecule has 2 aliphatic rings. The maximum Gasteiger partial charge on any atom is 0.220 e. The van der Waals surface area contributed by atoms with Gasteiger partial charge in [-0.1, -0.05) is 0 Å². The van der Waals surface area contributed by atoms with E-state index in [2.05, 4.69) is 10.3 Å².